The van der Waals surface area contributed by atoms with Gasteiger partial charge < -0.3 is 11.1 Å². The molecule has 28 heavy (non-hydrogen) atoms. The molecule has 0 aliphatic carbocycles. The largest absolute Gasteiger partial charge is 0.370 e. The Labute approximate surface area is 188 Å². The third kappa shape index (κ3) is 6.06. The zero-order valence-corrected chi connectivity index (χ0v) is 19.0. The normalized spacial score (nSPS) is 20.0. The van der Waals surface area contributed by atoms with Crippen molar-refractivity contribution in [3.8, 4) is 0 Å². The Hall–Kier alpha value is -1.38. The van der Waals surface area contributed by atoms with Crippen molar-refractivity contribution in [2.45, 2.75) is 18.9 Å². The summed E-state index contributed by atoms with van der Waals surface area (Å²) in [4.78, 5) is 6.76. The first-order valence-electron chi connectivity index (χ1n) is 9.27. The van der Waals surface area contributed by atoms with E-state index in [0.717, 1.165) is 31.5 Å². The fraction of sp³-hybridized carbons (Fsp3) is 0.381. The number of nitrogens with one attached hydrogen (secondary N) is 1. The van der Waals surface area contributed by atoms with Crippen molar-refractivity contribution >= 4 is 41.5 Å². The van der Waals surface area contributed by atoms with Crippen LogP contribution in [0.5, 0.6) is 0 Å². The minimum Gasteiger partial charge on any atom is -0.370 e. The zero-order chi connectivity index (χ0) is 19.2. The van der Waals surface area contributed by atoms with Crippen molar-refractivity contribution in [3.05, 3.63) is 70.5 Å². The number of nitrogens with zero attached hydrogens (tertiary/aromatic N) is 2. The van der Waals surface area contributed by atoms with Gasteiger partial charge in [-0.05, 0) is 55.6 Å². The van der Waals surface area contributed by atoms with Crippen LogP contribution in [0.15, 0.2) is 53.5 Å². The highest BCUT2D eigenvalue weighted by molar-refractivity contribution is 14.0. The summed E-state index contributed by atoms with van der Waals surface area (Å²) in [6, 6.07) is 15.4. The fourth-order valence-corrected chi connectivity index (χ4v) is 3.81. The lowest BCUT2D eigenvalue weighted by Crippen LogP contribution is -2.34. The number of nitrogens with two attached hydrogens (primary N) is 1. The third-order valence-electron chi connectivity index (χ3n) is 5.12. The molecule has 2 aromatic rings. The van der Waals surface area contributed by atoms with E-state index < -0.39 is 0 Å². The van der Waals surface area contributed by atoms with Gasteiger partial charge in [-0.25, -0.2) is 4.39 Å². The van der Waals surface area contributed by atoms with Gasteiger partial charge in [0.2, 0.25) is 0 Å². The minimum atomic E-state index is -0.376. The smallest absolute Gasteiger partial charge is 0.188 e. The average Bonchev–Trinajstić information content (AvgIpc) is 3.04. The van der Waals surface area contributed by atoms with Gasteiger partial charge in [-0.15, -0.1) is 24.0 Å². The molecule has 2 atom stereocenters. The summed E-state index contributed by atoms with van der Waals surface area (Å²) in [5.74, 6) is 0.380. The van der Waals surface area contributed by atoms with Gasteiger partial charge in [0.05, 0.1) is 5.02 Å². The second-order valence-electron chi connectivity index (χ2n) is 7.04. The molecule has 3 N–H and O–H groups in total. The molecule has 0 bridgehead atoms. The summed E-state index contributed by atoms with van der Waals surface area (Å²) in [7, 11) is 2.06. The standard InChI is InChI=1S/C21H26ClFN4.HI/c1-27-12-10-17(20(27)16-7-8-18(22)19(23)13-16)14-26-21(24)25-11-9-15-5-3-2-4-6-15;/h2-8,13,17,20H,9-12,14H2,1H3,(H3,24,25,26);1H. The number of rotatable bonds is 6. The molecule has 2 aromatic carbocycles. The molecule has 7 heteroatoms. The maximum Gasteiger partial charge on any atom is 0.188 e. The van der Waals surface area contributed by atoms with E-state index >= 15 is 0 Å². The predicted molar refractivity (Wildman–Crippen MR) is 125 cm³/mol. The van der Waals surface area contributed by atoms with Crippen LogP contribution in [-0.4, -0.2) is 37.5 Å². The van der Waals surface area contributed by atoms with Crippen molar-refractivity contribution in [2.24, 2.45) is 16.6 Å². The van der Waals surface area contributed by atoms with Gasteiger partial charge >= 0.3 is 0 Å². The van der Waals surface area contributed by atoms with Crippen LogP contribution < -0.4 is 11.1 Å². The zero-order valence-electron chi connectivity index (χ0n) is 15.9. The van der Waals surface area contributed by atoms with Crippen molar-refractivity contribution in [3.63, 3.8) is 0 Å². The molecule has 1 fully saturated rings. The van der Waals surface area contributed by atoms with Crippen molar-refractivity contribution < 1.29 is 4.39 Å². The summed E-state index contributed by atoms with van der Waals surface area (Å²) in [6.45, 7) is 2.32. The summed E-state index contributed by atoms with van der Waals surface area (Å²) >= 11 is 5.82. The molecule has 152 valence electrons. The third-order valence-corrected chi connectivity index (χ3v) is 5.42. The molecular weight excluding hydrogens is 490 g/mol. The molecule has 0 spiro atoms. The number of guanidine groups is 1. The monoisotopic (exact) mass is 516 g/mol. The molecule has 4 nitrogen and oxygen atoms in total. The van der Waals surface area contributed by atoms with Crippen LogP contribution in [0, 0.1) is 11.7 Å². The molecule has 3 rings (SSSR count). The Morgan fingerprint density at radius 2 is 2.04 bits per heavy atom. The van der Waals surface area contributed by atoms with E-state index in [1.54, 1.807) is 6.07 Å². The predicted octanol–water partition coefficient (Wildman–Crippen LogP) is 4.24. The summed E-state index contributed by atoms with van der Waals surface area (Å²) < 4.78 is 13.9. The van der Waals surface area contributed by atoms with Crippen molar-refractivity contribution in [2.75, 3.05) is 26.7 Å². The highest BCUT2D eigenvalue weighted by Gasteiger charge is 2.33. The molecule has 0 saturated carbocycles. The van der Waals surface area contributed by atoms with Crippen LogP contribution in [0.4, 0.5) is 4.39 Å². The van der Waals surface area contributed by atoms with E-state index in [9.17, 15) is 4.39 Å². The van der Waals surface area contributed by atoms with E-state index in [-0.39, 0.29) is 40.9 Å². The molecule has 0 aromatic heterocycles. The van der Waals surface area contributed by atoms with Gasteiger partial charge in [0, 0.05) is 19.1 Å². The molecule has 0 amide bonds. The Morgan fingerprint density at radius 3 is 2.75 bits per heavy atom. The van der Waals surface area contributed by atoms with Gasteiger partial charge in [-0.2, -0.15) is 0 Å². The first kappa shape index (κ1) is 22.9. The molecule has 2 unspecified atom stereocenters. The Kier molecular flexibility index (Phi) is 8.98. The molecular formula is C21H27ClFIN4. The number of aliphatic imine (C=N–C) groups is 1. The molecule has 1 saturated heterocycles. The van der Waals surface area contributed by atoms with E-state index in [4.69, 9.17) is 17.3 Å². The second kappa shape index (κ2) is 11.0. The number of hydrogen-bond donors (Lipinski definition) is 2. The van der Waals surface area contributed by atoms with Gasteiger partial charge in [-0.1, -0.05) is 48.0 Å². The first-order chi connectivity index (χ1) is 13.0. The van der Waals surface area contributed by atoms with Crippen LogP contribution in [0.3, 0.4) is 0 Å². The summed E-state index contributed by atoms with van der Waals surface area (Å²) in [6.07, 6.45) is 1.90. The quantitative estimate of drug-likeness (QED) is 0.343. The van der Waals surface area contributed by atoms with Crippen LogP contribution in [0.25, 0.3) is 0 Å². The van der Waals surface area contributed by atoms with Gasteiger partial charge in [0.15, 0.2) is 5.96 Å². The minimum absolute atomic E-state index is 0. The fourth-order valence-electron chi connectivity index (χ4n) is 3.69. The van der Waals surface area contributed by atoms with Crippen molar-refractivity contribution in [1.82, 2.24) is 10.2 Å². The molecule has 1 aliphatic heterocycles. The lowest BCUT2D eigenvalue weighted by molar-refractivity contribution is 0.279. The summed E-state index contributed by atoms with van der Waals surface area (Å²) in [5, 5.41) is 3.33. The van der Waals surface area contributed by atoms with Crippen LogP contribution in [0.1, 0.15) is 23.6 Å². The van der Waals surface area contributed by atoms with Gasteiger partial charge in [-0.3, -0.25) is 9.89 Å². The Bertz CT molecular complexity index is 787. The Morgan fingerprint density at radius 1 is 1.29 bits per heavy atom. The lowest BCUT2D eigenvalue weighted by atomic mass is 9.94. The number of hydrogen-bond acceptors (Lipinski definition) is 2. The van der Waals surface area contributed by atoms with Gasteiger partial charge in [0.1, 0.15) is 5.82 Å². The number of likely N-dealkylation sites (tertiary alicyclic amines) is 1. The SMILES string of the molecule is CN1CCC(CN=C(N)NCCc2ccccc2)C1c1ccc(Cl)c(F)c1.I. The highest BCUT2D eigenvalue weighted by atomic mass is 127. The number of halogens is 3. The maximum atomic E-state index is 13.9. The Balaban J connectivity index is 0.00000280. The molecule has 0 radical (unpaired) electrons. The second-order valence-corrected chi connectivity index (χ2v) is 7.44. The van der Waals surface area contributed by atoms with Crippen LogP contribution >= 0.6 is 35.6 Å². The molecule has 1 aliphatic rings. The maximum absolute atomic E-state index is 13.9. The van der Waals surface area contributed by atoms with Crippen molar-refractivity contribution in [1.29, 1.82) is 0 Å². The van der Waals surface area contributed by atoms with E-state index in [2.05, 4.69) is 34.4 Å². The van der Waals surface area contributed by atoms with E-state index in [1.807, 2.05) is 24.3 Å². The van der Waals surface area contributed by atoms with Gasteiger partial charge in [0.25, 0.3) is 0 Å². The molecule has 1 heterocycles. The summed E-state index contributed by atoms with van der Waals surface area (Å²) in [5.41, 5.74) is 8.23. The van der Waals surface area contributed by atoms with E-state index in [1.165, 1.54) is 11.6 Å². The average molecular weight is 517 g/mol. The number of benzene rings is 2. The van der Waals surface area contributed by atoms with Crippen LogP contribution in [-0.2, 0) is 6.42 Å². The lowest BCUT2D eigenvalue weighted by Gasteiger charge is -2.25. The highest BCUT2D eigenvalue weighted by Crippen LogP contribution is 2.37. The van der Waals surface area contributed by atoms with Crippen LogP contribution in [0.2, 0.25) is 5.02 Å². The first-order valence-corrected chi connectivity index (χ1v) is 9.65. The van der Waals surface area contributed by atoms with E-state index in [0.29, 0.717) is 18.4 Å². The topological polar surface area (TPSA) is 53.6 Å².